The third-order valence-electron chi connectivity index (χ3n) is 2.08. The molecule has 2 rings (SSSR count). The van der Waals surface area contributed by atoms with Crippen molar-refractivity contribution in [1.82, 2.24) is 14.8 Å². The molecule has 0 aliphatic carbocycles. The predicted octanol–water partition coefficient (Wildman–Crippen LogP) is 3.39. The van der Waals surface area contributed by atoms with Crippen LogP contribution in [0.1, 0.15) is 5.56 Å². The maximum Gasteiger partial charge on any atom is 0.418 e. The minimum Gasteiger partial charge on any atom is -0.366 e. The number of anilines is 1. The average molecular weight is 386 g/mol. The number of nitrogens with zero attached hydrogens (tertiary/aromatic N) is 3. The summed E-state index contributed by atoms with van der Waals surface area (Å²) in [6.07, 6.45) is -4.49. The normalized spacial score (nSPS) is 11.8. The van der Waals surface area contributed by atoms with Gasteiger partial charge in [0.1, 0.15) is 0 Å². The van der Waals surface area contributed by atoms with Crippen LogP contribution >= 0.6 is 31.9 Å². The van der Waals surface area contributed by atoms with Gasteiger partial charge in [-0.05, 0) is 34.1 Å². The second-order valence-electron chi connectivity index (χ2n) is 3.31. The summed E-state index contributed by atoms with van der Waals surface area (Å²) in [4.78, 5) is 3.70. The Morgan fingerprint density at radius 2 is 1.89 bits per heavy atom. The minimum atomic E-state index is -4.49. The number of halogens is 5. The van der Waals surface area contributed by atoms with Crippen molar-refractivity contribution in [2.24, 2.45) is 0 Å². The third kappa shape index (κ3) is 2.51. The van der Waals surface area contributed by atoms with Crippen molar-refractivity contribution in [2.45, 2.75) is 6.18 Å². The smallest absolute Gasteiger partial charge is 0.366 e. The summed E-state index contributed by atoms with van der Waals surface area (Å²) in [5, 5.41) is 3.71. The Bertz CT molecular complexity index is 594. The number of nitrogens with two attached hydrogens (primary N) is 1. The monoisotopic (exact) mass is 384 g/mol. The zero-order valence-corrected chi connectivity index (χ0v) is 11.7. The fourth-order valence-corrected chi connectivity index (χ4v) is 2.18. The van der Waals surface area contributed by atoms with Crippen LogP contribution in [0.25, 0.3) is 5.69 Å². The zero-order valence-electron chi connectivity index (χ0n) is 8.54. The molecule has 1 aromatic carbocycles. The van der Waals surface area contributed by atoms with Crippen molar-refractivity contribution in [3.05, 3.63) is 33.0 Å². The molecule has 4 nitrogen and oxygen atoms in total. The Labute approximate surface area is 116 Å². The van der Waals surface area contributed by atoms with Gasteiger partial charge in [0.15, 0.2) is 0 Å². The fourth-order valence-electron chi connectivity index (χ4n) is 1.38. The van der Waals surface area contributed by atoms with Gasteiger partial charge < -0.3 is 5.73 Å². The van der Waals surface area contributed by atoms with Crippen LogP contribution in [0.3, 0.4) is 0 Å². The number of aromatic nitrogens is 3. The van der Waals surface area contributed by atoms with Crippen LogP contribution in [0, 0.1) is 0 Å². The molecule has 9 heteroatoms. The highest BCUT2D eigenvalue weighted by molar-refractivity contribution is 9.10. The largest absolute Gasteiger partial charge is 0.418 e. The molecule has 0 amide bonds. The van der Waals surface area contributed by atoms with E-state index >= 15 is 0 Å². The Balaban J connectivity index is 2.69. The first-order valence-electron chi connectivity index (χ1n) is 4.54. The Morgan fingerprint density at radius 3 is 2.39 bits per heavy atom. The Hall–Kier alpha value is -1.09. The summed E-state index contributed by atoms with van der Waals surface area (Å²) in [6, 6.07) is 3.56. The zero-order chi connectivity index (χ0) is 13.5. The quantitative estimate of drug-likeness (QED) is 0.818. The van der Waals surface area contributed by atoms with Gasteiger partial charge in [0.2, 0.25) is 10.7 Å². The van der Waals surface area contributed by atoms with Gasteiger partial charge in [0.25, 0.3) is 0 Å². The van der Waals surface area contributed by atoms with E-state index in [4.69, 9.17) is 5.73 Å². The van der Waals surface area contributed by atoms with Gasteiger partial charge >= 0.3 is 6.18 Å². The lowest BCUT2D eigenvalue weighted by atomic mass is 10.2. The average Bonchev–Trinajstić information content (AvgIpc) is 2.55. The third-order valence-corrected chi connectivity index (χ3v) is 3.08. The number of benzene rings is 1. The first-order chi connectivity index (χ1) is 8.29. The molecule has 2 aromatic rings. The molecule has 1 aromatic heterocycles. The highest BCUT2D eigenvalue weighted by atomic mass is 79.9. The van der Waals surface area contributed by atoms with Crippen LogP contribution in [0.2, 0.25) is 0 Å². The summed E-state index contributed by atoms with van der Waals surface area (Å²) >= 11 is 6.12. The van der Waals surface area contributed by atoms with Gasteiger partial charge in [-0.1, -0.05) is 15.9 Å². The highest BCUT2D eigenvalue weighted by Crippen LogP contribution is 2.35. The lowest BCUT2D eigenvalue weighted by molar-refractivity contribution is -0.137. The van der Waals surface area contributed by atoms with Gasteiger partial charge in [0.05, 0.1) is 11.3 Å². The minimum absolute atomic E-state index is 0.101. The number of alkyl halides is 3. The number of hydrogen-bond donors (Lipinski definition) is 1. The first kappa shape index (κ1) is 13.3. The first-order valence-corrected chi connectivity index (χ1v) is 6.13. The molecule has 96 valence electrons. The molecule has 0 saturated carbocycles. The number of hydrogen-bond acceptors (Lipinski definition) is 3. The predicted molar refractivity (Wildman–Crippen MR) is 66.2 cm³/mol. The standard InChI is InChI=1S/C9H5Br2F3N4/c10-4-1-2-5(9(12,13)14)6(3-4)18-7(11)16-8(15)17-18/h1-3H,(H2,15,17). The van der Waals surface area contributed by atoms with Gasteiger partial charge in [-0.2, -0.15) is 18.2 Å². The molecule has 2 N–H and O–H groups in total. The summed E-state index contributed by atoms with van der Waals surface area (Å²) in [7, 11) is 0. The molecule has 0 spiro atoms. The van der Waals surface area contributed by atoms with E-state index < -0.39 is 11.7 Å². The Kier molecular flexibility index (Phi) is 3.37. The summed E-state index contributed by atoms with van der Waals surface area (Å²) in [5.41, 5.74) is 4.37. The van der Waals surface area contributed by atoms with Crippen LogP contribution in [-0.4, -0.2) is 14.8 Å². The fraction of sp³-hybridized carbons (Fsp3) is 0.111. The van der Waals surface area contributed by atoms with Crippen LogP contribution in [-0.2, 0) is 6.18 Å². The molecule has 0 unspecified atom stereocenters. The number of nitrogen functional groups attached to an aromatic ring is 1. The summed E-state index contributed by atoms with van der Waals surface area (Å²) in [6.45, 7) is 0. The van der Waals surface area contributed by atoms with E-state index in [1.165, 1.54) is 12.1 Å². The second-order valence-corrected chi connectivity index (χ2v) is 4.94. The van der Waals surface area contributed by atoms with Crippen molar-refractivity contribution >= 4 is 37.8 Å². The van der Waals surface area contributed by atoms with Crippen molar-refractivity contribution in [3.63, 3.8) is 0 Å². The van der Waals surface area contributed by atoms with E-state index in [1.54, 1.807) is 0 Å². The van der Waals surface area contributed by atoms with Gasteiger partial charge in [-0.3, -0.25) is 0 Å². The molecule has 0 aliphatic heterocycles. The van der Waals surface area contributed by atoms with Gasteiger partial charge in [0, 0.05) is 4.47 Å². The maximum absolute atomic E-state index is 12.9. The van der Waals surface area contributed by atoms with E-state index in [0.29, 0.717) is 4.47 Å². The lowest BCUT2D eigenvalue weighted by Crippen LogP contribution is -2.12. The molecule has 0 saturated heterocycles. The van der Waals surface area contributed by atoms with Crippen molar-refractivity contribution in [3.8, 4) is 5.69 Å². The van der Waals surface area contributed by atoms with Crippen LogP contribution in [0.4, 0.5) is 19.1 Å². The number of rotatable bonds is 1. The highest BCUT2D eigenvalue weighted by Gasteiger charge is 2.34. The molecule has 0 aliphatic rings. The van der Waals surface area contributed by atoms with Crippen molar-refractivity contribution in [2.75, 3.05) is 5.73 Å². The molecule has 0 fully saturated rings. The molecule has 0 radical (unpaired) electrons. The van der Waals surface area contributed by atoms with E-state index in [-0.39, 0.29) is 16.4 Å². The van der Waals surface area contributed by atoms with Crippen molar-refractivity contribution in [1.29, 1.82) is 0 Å². The van der Waals surface area contributed by atoms with Crippen LogP contribution in [0.5, 0.6) is 0 Å². The molecule has 0 bridgehead atoms. The van der Waals surface area contributed by atoms with Gasteiger partial charge in [-0.25, -0.2) is 4.68 Å². The topological polar surface area (TPSA) is 56.7 Å². The van der Waals surface area contributed by atoms with E-state index in [2.05, 4.69) is 41.9 Å². The molecular weight excluding hydrogens is 381 g/mol. The molecule has 18 heavy (non-hydrogen) atoms. The summed E-state index contributed by atoms with van der Waals surface area (Å²) in [5.74, 6) is -0.116. The summed E-state index contributed by atoms with van der Waals surface area (Å²) < 4.78 is 40.2. The Morgan fingerprint density at radius 1 is 1.22 bits per heavy atom. The van der Waals surface area contributed by atoms with Crippen molar-refractivity contribution < 1.29 is 13.2 Å². The molecular formula is C9H5Br2F3N4. The van der Waals surface area contributed by atoms with E-state index in [1.807, 2.05) is 0 Å². The van der Waals surface area contributed by atoms with Crippen LogP contribution in [0.15, 0.2) is 27.4 Å². The van der Waals surface area contributed by atoms with E-state index in [9.17, 15) is 13.2 Å². The van der Waals surface area contributed by atoms with E-state index in [0.717, 1.165) is 10.7 Å². The second kappa shape index (κ2) is 4.54. The maximum atomic E-state index is 12.9. The van der Waals surface area contributed by atoms with Crippen LogP contribution < -0.4 is 5.73 Å². The SMILES string of the molecule is Nc1nc(Br)n(-c2cc(Br)ccc2C(F)(F)F)n1. The molecule has 0 atom stereocenters. The molecule has 1 heterocycles. The lowest BCUT2D eigenvalue weighted by Gasteiger charge is -2.13. The van der Waals surface area contributed by atoms with Gasteiger partial charge in [-0.15, -0.1) is 5.10 Å².